The maximum Gasteiger partial charge on any atom is 0.266 e. The average Bonchev–Trinajstić information content (AvgIpc) is 3.70. The highest BCUT2D eigenvalue weighted by atomic mass is 35.5. The lowest BCUT2D eigenvalue weighted by atomic mass is 9.94. The number of benzene rings is 1. The van der Waals surface area contributed by atoms with Gasteiger partial charge < -0.3 is 15.2 Å². The molecular formula is C30H37ClN4OS2. The number of thioether (sulfide) groups is 1. The first-order chi connectivity index (χ1) is 18.5. The molecule has 1 aromatic carbocycles. The zero-order valence-electron chi connectivity index (χ0n) is 21.9. The fourth-order valence-corrected chi connectivity index (χ4v) is 8.30. The van der Waals surface area contributed by atoms with Crippen molar-refractivity contribution in [3.8, 4) is 11.3 Å². The van der Waals surface area contributed by atoms with Crippen molar-refractivity contribution < 1.29 is 4.79 Å². The normalized spacial score (nSPS) is 26.8. The minimum Gasteiger partial charge on any atom is -0.355 e. The highest BCUT2D eigenvalue weighted by Gasteiger charge is 2.48. The van der Waals surface area contributed by atoms with Crippen molar-refractivity contribution >= 4 is 51.9 Å². The zero-order chi connectivity index (χ0) is 26.1. The summed E-state index contributed by atoms with van der Waals surface area (Å²) in [6, 6.07) is 10.5. The van der Waals surface area contributed by atoms with Crippen LogP contribution < -0.4 is 5.32 Å². The monoisotopic (exact) mass is 568 g/mol. The van der Waals surface area contributed by atoms with Crippen LogP contribution in [-0.4, -0.2) is 63.8 Å². The van der Waals surface area contributed by atoms with Gasteiger partial charge in [0.2, 0.25) is 0 Å². The Balaban J connectivity index is 1.17. The minimum atomic E-state index is 0.0992. The van der Waals surface area contributed by atoms with Crippen molar-refractivity contribution in [2.24, 2.45) is 11.8 Å². The first-order valence-corrected chi connectivity index (χ1v) is 15.8. The molecule has 2 aliphatic carbocycles. The van der Waals surface area contributed by atoms with E-state index in [4.69, 9.17) is 23.8 Å². The third-order valence-electron chi connectivity index (χ3n) is 8.85. The van der Waals surface area contributed by atoms with Gasteiger partial charge in [-0.25, -0.2) is 0 Å². The van der Waals surface area contributed by atoms with E-state index in [0.29, 0.717) is 12.0 Å². The molecule has 4 aliphatic rings. The van der Waals surface area contributed by atoms with Crippen LogP contribution in [-0.2, 0) is 11.2 Å². The Bertz CT molecular complexity index is 1200. The smallest absolute Gasteiger partial charge is 0.266 e. The summed E-state index contributed by atoms with van der Waals surface area (Å²) in [7, 11) is 0. The van der Waals surface area contributed by atoms with Crippen LogP contribution in [0.2, 0.25) is 5.02 Å². The van der Waals surface area contributed by atoms with Gasteiger partial charge >= 0.3 is 0 Å². The van der Waals surface area contributed by atoms with Crippen molar-refractivity contribution in [3.05, 3.63) is 51.5 Å². The van der Waals surface area contributed by atoms with Crippen LogP contribution >= 0.6 is 35.6 Å². The molecule has 202 valence electrons. The van der Waals surface area contributed by atoms with E-state index < -0.39 is 0 Å². The second-order valence-electron chi connectivity index (χ2n) is 11.3. The lowest BCUT2D eigenvalue weighted by Gasteiger charge is -2.30. The first kappa shape index (κ1) is 26.6. The molecule has 1 aromatic heterocycles. The molecule has 0 spiro atoms. The van der Waals surface area contributed by atoms with E-state index >= 15 is 0 Å². The predicted octanol–water partition coefficient (Wildman–Crippen LogP) is 6.34. The number of carbonyl (C=O) groups excluding carboxylic acids is 1. The van der Waals surface area contributed by atoms with Crippen molar-refractivity contribution in [2.45, 2.75) is 57.4 Å². The van der Waals surface area contributed by atoms with Gasteiger partial charge in [-0.15, -0.1) is 0 Å². The summed E-state index contributed by atoms with van der Waals surface area (Å²) in [6.45, 7) is 5.71. The number of hydrogen-bond donors (Lipinski definition) is 2. The second kappa shape index (κ2) is 11.8. The minimum absolute atomic E-state index is 0.0992. The molecule has 3 unspecified atom stereocenters. The highest BCUT2D eigenvalue weighted by molar-refractivity contribution is 8.26. The molecular weight excluding hydrogens is 532 g/mol. The molecule has 6 rings (SSSR count). The second-order valence-corrected chi connectivity index (χ2v) is 13.4. The average molecular weight is 569 g/mol. The molecule has 38 heavy (non-hydrogen) atoms. The van der Waals surface area contributed by atoms with Crippen molar-refractivity contribution in [3.63, 3.8) is 0 Å². The van der Waals surface area contributed by atoms with E-state index in [1.54, 1.807) is 0 Å². The van der Waals surface area contributed by atoms with E-state index in [1.807, 2.05) is 29.2 Å². The van der Waals surface area contributed by atoms with Gasteiger partial charge in [0.25, 0.3) is 5.91 Å². The van der Waals surface area contributed by atoms with Gasteiger partial charge in [-0.2, -0.15) is 0 Å². The van der Waals surface area contributed by atoms with Gasteiger partial charge in [-0.05, 0) is 92.3 Å². The molecule has 8 heteroatoms. The number of rotatable bonds is 9. The van der Waals surface area contributed by atoms with E-state index in [2.05, 4.69) is 27.3 Å². The number of nitrogens with one attached hydrogen (secondary N) is 2. The number of piperazine rings is 1. The molecule has 4 fully saturated rings. The standard InChI is InChI=1S/C30H37ClN4OS2/c31-24-9-7-21(8-10-24)25-18-22(4-2-1-3-13-34-14-11-32-12-15-34)26(33-25)19-28-29(36)35(30(37)38-28)27-17-20-5-6-23(27)16-20/h7-10,18-20,23,27,32-33H,1-6,11-17H2/b28-19+. The lowest BCUT2D eigenvalue weighted by molar-refractivity contribution is -0.124. The number of aryl methyl sites for hydroxylation is 1. The summed E-state index contributed by atoms with van der Waals surface area (Å²) >= 11 is 13.4. The quantitative estimate of drug-likeness (QED) is 0.210. The van der Waals surface area contributed by atoms with E-state index in [0.717, 1.165) is 82.6 Å². The Morgan fingerprint density at radius 1 is 1.08 bits per heavy atom. The maximum atomic E-state index is 13.6. The number of aromatic amines is 1. The largest absolute Gasteiger partial charge is 0.355 e. The molecule has 0 radical (unpaired) electrons. The topological polar surface area (TPSA) is 51.4 Å². The molecule has 1 amide bonds. The molecule has 3 atom stereocenters. The zero-order valence-corrected chi connectivity index (χ0v) is 24.3. The van der Waals surface area contributed by atoms with E-state index in [1.165, 1.54) is 56.0 Å². The van der Waals surface area contributed by atoms with Crippen molar-refractivity contribution in [1.29, 1.82) is 0 Å². The van der Waals surface area contributed by atoms with Gasteiger partial charge in [0.1, 0.15) is 4.32 Å². The number of amides is 1. The van der Waals surface area contributed by atoms with Gasteiger partial charge in [0.05, 0.1) is 4.91 Å². The fourth-order valence-electron chi connectivity index (χ4n) is 6.82. The SMILES string of the molecule is O=C1/C(=C\c2[nH]c(-c3ccc(Cl)cc3)cc2CCCCCN2CCNCC2)SC(=S)N1C1CC2CCC1C2. The van der Waals surface area contributed by atoms with Crippen LogP contribution in [0.4, 0.5) is 0 Å². The summed E-state index contributed by atoms with van der Waals surface area (Å²) in [6.07, 6.45) is 11.6. The molecule has 2 aromatic rings. The van der Waals surface area contributed by atoms with Crippen LogP contribution in [0.3, 0.4) is 0 Å². The summed E-state index contributed by atoms with van der Waals surface area (Å²) in [5.74, 6) is 1.50. The van der Waals surface area contributed by atoms with Crippen LogP contribution in [0.1, 0.15) is 56.2 Å². The van der Waals surface area contributed by atoms with Gasteiger partial charge in [0, 0.05) is 48.6 Å². The third kappa shape index (κ3) is 5.78. The third-order valence-corrected chi connectivity index (χ3v) is 10.4. The van der Waals surface area contributed by atoms with E-state index in [-0.39, 0.29) is 5.91 Å². The predicted molar refractivity (Wildman–Crippen MR) is 162 cm³/mol. The number of nitrogens with zero attached hydrogens (tertiary/aromatic N) is 2. The number of halogens is 1. The van der Waals surface area contributed by atoms with Crippen LogP contribution in [0.5, 0.6) is 0 Å². The Labute approximate surface area is 240 Å². The molecule has 3 heterocycles. The fraction of sp³-hybridized carbons (Fsp3) is 0.533. The maximum absolute atomic E-state index is 13.6. The number of carbonyl (C=O) groups is 1. The molecule has 2 saturated carbocycles. The Kier molecular flexibility index (Phi) is 8.29. The number of unbranched alkanes of at least 4 members (excludes halogenated alkanes) is 2. The number of H-pyrrole nitrogens is 1. The van der Waals surface area contributed by atoms with Crippen LogP contribution in [0, 0.1) is 11.8 Å². The molecule has 2 bridgehead atoms. The van der Waals surface area contributed by atoms with E-state index in [9.17, 15) is 4.79 Å². The number of fused-ring (bicyclic) bond motifs is 2. The summed E-state index contributed by atoms with van der Waals surface area (Å²) in [5.41, 5.74) is 4.46. The Hall–Kier alpha value is -1.64. The van der Waals surface area contributed by atoms with Gasteiger partial charge in [0.15, 0.2) is 0 Å². The lowest BCUT2D eigenvalue weighted by Crippen LogP contribution is -2.43. The number of hydrogen-bond acceptors (Lipinski definition) is 5. The van der Waals surface area contributed by atoms with Crippen molar-refractivity contribution in [2.75, 3.05) is 32.7 Å². The number of thiocarbonyl (C=S) groups is 1. The summed E-state index contributed by atoms with van der Waals surface area (Å²) in [4.78, 5) is 22.5. The van der Waals surface area contributed by atoms with Crippen molar-refractivity contribution in [1.82, 2.24) is 20.1 Å². The molecule has 2 N–H and O–H groups in total. The van der Waals surface area contributed by atoms with Crippen LogP contribution in [0.25, 0.3) is 17.3 Å². The summed E-state index contributed by atoms with van der Waals surface area (Å²) < 4.78 is 0.734. The summed E-state index contributed by atoms with van der Waals surface area (Å²) in [5, 5.41) is 4.16. The van der Waals surface area contributed by atoms with Crippen LogP contribution in [0.15, 0.2) is 35.2 Å². The van der Waals surface area contributed by atoms with Gasteiger partial charge in [-0.1, -0.05) is 60.6 Å². The first-order valence-electron chi connectivity index (χ1n) is 14.2. The van der Waals surface area contributed by atoms with Gasteiger partial charge in [-0.3, -0.25) is 9.69 Å². The Morgan fingerprint density at radius 3 is 2.63 bits per heavy atom. The Morgan fingerprint density at radius 2 is 1.89 bits per heavy atom. The number of aromatic nitrogens is 1. The molecule has 2 saturated heterocycles. The molecule has 2 aliphatic heterocycles. The molecule has 5 nitrogen and oxygen atoms in total. The highest BCUT2D eigenvalue weighted by Crippen LogP contribution is 2.49.